The first-order valence-electron chi connectivity index (χ1n) is 9.89. The number of ether oxygens (including phenoxy) is 1. The smallest absolute Gasteiger partial charge is 0.164 e. The molecule has 1 aromatic carbocycles. The molecule has 1 fully saturated rings. The minimum Gasteiger partial charge on any atom is -0.493 e. The Hall–Kier alpha value is -2.40. The monoisotopic (exact) mass is 365 g/mol. The Kier molecular flexibility index (Phi) is 5.12. The van der Waals surface area contributed by atoms with Crippen LogP contribution in [0.25, 0.3) is 0 Å². The van der Waals surface area contributed by atoms with E-state index < -0.39 is 0 Å². The zero-order valence-electron chi connectivity index (χ0n) is 16.1. The van der Waals surface area contributed by atoms with Gasteiger partial charge in [-0.3, -0.25) is 9.69 Å². The van der Waals surface area contributed by atoms with Crippen LogP contribution in [0.1, 0.15) is 47.8 Å². The van der Waals surface area contributed by atoms with Crippen molar-refractivity contribution in [3.8, 4) is 5.75 Å². The quantitative estimate of drug-likeness (QED) is 0.759. The van der Waals surface area contributed by atoms with Gasteiger partial charge in [0.1, 0.15) is 11.6 Å². The van der Waals surface area contributed by atoms with E-state index in [1.54, 1.807) is 6.20 Å². The maximum atomic E-state index is 11.8. The molecule has 0 radical (unpaired) electrons. The van der Waals surface area contributed by atoms with Gasteiger partial charge in [0.15, 0.2) is 5.78 Å². The van der Waals surface area contributed by atoms with Crippen molar-refractivity contribution >= 4 is 11.6 Å². The molecule has 1 aromatic heterocycles. The van der Waals surface area contributed by atoms with Gasteiger partial charge in [-0.25, -0.2) is 4.98 Å². The molecular formula is C22H27N3O2. The number of piperazine rings is 1. The van der Waals surface area contributed by atoms with Crippen LogP contribution in [0.15, 0.2) is 36.5 Å². The normalized spacial score (nSPS) is 18.1. The second kappa shape index (κ2) is 7.69. The molecule has 0 spiro atoms. The Morgan fingerprint density at radius 3 is 2.70 bits per heavy atom. The summed E-state index contributed by atoms with van der Waals surface area (Å²) in [6.45, 7) is 8.84. The van der Waals surface area contributed by atoms with Crippen LogP contribution in [0, 0.1) is 0 Å². The summed E-state index contributed by atoms with van der Waals surface area (Å²) < 4.78 is 5.73. The van der Waals surface area contributed by atoms with E-state index in [0.717, 1.165) is 50.8 Å². The Labute approximate surface area is 161 Å². The largest absolute Gasteiger partial charge is 0.493 e. The number of fused-ring (bicyclic) bond motifs is 1. The predicted molar refractivity (Wildman–Crippen MR) is 107 cm³/mol. The van der Waals surface area contributed by atoms with Crippen LogP contribution in [-0.4, -0.2) is 48.5 Å². The van der Waals surface area contributed by atoms with Crippen molar-refractivity contribution in [1.29, 1.82) is 0 Å². The summed E-state index contributed by atoms with van der Waals surface area (Å²) in [7, 11) is 0. The first-order valence-corrected chi connectivity index (χ1v) is 9.89. The highest BCUT2D eigenvalue weighted by Crippen LogP contribution is 2.31. The zero-order valence-corrected chi connectivity index (χ0v) is 16.1. The SMILES string of the molecule is CCC(=O)c1ccc(N2CCN(C(C)c3ccc4c(c3)OCC4)CC2)nc1. The second-order valence-corrected chi connectivity index (χ2v) is 7.35. The number of benzene rings is 1. The topological polar surface area (TPSA) is 45.7 Å². The molecule has 0 amide bonds. The van der Waals surface area contributed by atoms with Gasteiger partial charge >= 0.3 is 0 Å². The maximum Gasteiger partial charge on any atom is 0.164 e. The number of pyridine rings is 1. The van der Waals surface area contributed by atoms with Crippen LogP contribution in [0.2, 0.25) is 0 Å². The molecule has 0 saturated carbocycles. The molecular weight excluding hydrogens is 338 g/mol. The number of ketones is 1. The fourth-order valence-electron chi connectivity index (χ4n) is 3.93. The number of anilines is 1. The number of hydrogen-bond donors (Lipinski definition) is 0. The summed E-state index contributed by atoms with van der Waals surface area (Å²) in [5.41, 5.74) is 3.35. The molecule has 1 unspecified atom stereocenters. The third kappa shape index (κ3) is 3.69. The lowest BCUT2D eigenvalue weighted by Crippen LogP contribution is -2.47. The highest BCUT2D eigenvalue weighted by Gasteiger charge is 2.24. The van der Waals surface area contributed by atoms with Crippen LogP contribution in [-0.2, 0) is 6.42 Å². The van der Waals surface area contributed by atoms with E-state index in [4.69, 9.17) is 4.74 Å². The average Bonchev–Trinajstić information content (AvgIpc) is 3.21. The van der Waals surface area contributed by atoms with Crippen molar-refractivity contribution in [2.24, 2.45) is 0 Å². The lowest BCUT2D eigenvalue weighted by Gasteiger charge is -2.38. The van der Waals surface area contributed by atoms with E-state index in [1.165, 1.54) is 11.1 Å². The molecule has 0 bridgehead atoms. The summed E-state index contributed by atoms with van der Waals surface area (Å²) >= 11 is 0. The summed E-state index contributed by atoms with van der Waals surface area (Å²) in [5, 5.41) is 0. The molecule has 142 valence electrons. The third-order valence-corrected chi connectivity index (χ3v) is 5.78. The van der Waals surface area contributed by atoms with Gasteiger partial charge in [0, 0.05) is 56.8 Å². The van der Waals surface area contributed by atoms with E-state index >= 15 is 0 Å². The molecule has 2 aliphatic rings. The Bertz CT molecular complexity index is 811. The van der Waals surface area contributed by atoms with E-state index in [-0.39, 0.29) is 5.78 Å². The highest BCUT2D eigenvalue weighted by atomic mass is 16.5. The van der Waals surface area contributed by atoms with Gasteiger partial charge in [0.2, 0.25) is 0 Å². The highest BCUT2D eigenvalue weighted by molar-refractivity contribution is 5.95. The average molecular weight is 365 g/mol. The minimum atomic E-state index is 0.144. The number of carbonyl (C=O) groups excluding carboxylic acids is 1. The Balaban J connectivity index is 1.37. The van der Waals surface area contributed by atoms with Crippen molar-refractivity contribution in [2.75, 3.05) is 37.7 Å². The van der Waals surface area contributed by atoms with Crippen molar-refractivity contribution < 1.29 is 9.53 Å². The molecule has 27 heavy (non-hydrogen) atoms. The number of aromatic nitrogens is 1. The number of hydrogen-bond acceptors (Lipinski definition) is 5. The maximum absolute atomic E-state index is 11.8. The summed E-state index contributed by atoms with van der Waals surface area (Å²) in [4.78, 5) is 21.1. The van der Waals surface area contributed by atoms with Gasteiger partial charge in [0.05, 0.1) is 6.61 Å². The van der Waals surface area contributed by atoms with Crippen LogP contribution < -0.4 is 9.64 Å². The molecule has 3 heterocycles. The number of carbonyl (C=O) groups is 1. The fraction of sp³-hybridized carbons (Fsp3) is 0.455. The van der Waals surface area contributed by atoms with Crippen LogP contribution in [0.4, 0.5) is 5.82 Å². The number of Topliss-reactive ketones (excluding diaryl/α,β-unsaturated/α-hetero) is 1. The molecule has 1 saturated heterocycles. The fourth-order valence-corrected chi connectivity index (χ4v) is 3.93. The molecule has 2 aromatic rings. The van der Waals surface area contributed by atoms with Crippen LogP contribution in [0.3, 0.4) is 0 Å². The van der Waals surface area contributed by atoms with Crippen molar-refractivity contribution in [3.63, 3.8) is 0 Å². The van der Waals surface area contributed by atoms with E-state index in [9.17, 15) is 4.79 Å². The molecule has 0 N–H and O–H groups in total. The third-order valence-electron chi connectivity index (χ3n) is 5.78. The lowest BCUT2D eigenvalue weighted by atomic mass is 10.0. The number of rotatable bonds is 5. The summed E-state index contributed by atoms with van der Waals surface area (Å²) in [6.07, 6.45) is 3.25. The lowest BCUT2D eigenvalue weighted by molar-refractivity contribution is 0.0988. The minimum absolute atomic E-state index is 0.144. The number of nitrogens with zero attached hydrogens (tertiary/aromatic N) is 3. The predicted octanol–water partition coefficient (Wildman–Crippen LogP) is 3.49. The van der Waals surface area contributed by atoms with Crippen molar-refractivity contribution in [3.05, 3.63) is 53.2 Å². The van der Waals surface area contributed by atoms with Crippen molar-refractivity contribution in [1.82, 2.24) is 9.88 Å². The van der Waals surface area contributed by atoms with Gasteiger partial charge in [-0.15, -0.1) is 0 Å². The van der Waals surface area contributed by atoms with Gasteiger partial charge in [-0.05, 0) is 36.2 Å². The summed E-state index contributed by atoms with van der Waals surface area (Å²) in [5.74, 6) is 2.16. The van der Waals surface area contributed by atoms with E-state index in [2.05, 4.69) is 39.9 Å². The molecule has 4 rings (SSSR count). The molecule has 5 heteroatoms. The van der Waals surface area contributed by atoms with Gasteiger partial charge < -0.3 is 9.64 Å². The van der Waals surface area contributed by atoms with E-state index in [0.29, 0.717) is 18.0 Å². The van der Waals surface area contributed by atoms with Gasteiger partial charge in [0.25, 0.3) is 0 Å². The first-order chi connectivity index (χ1) is 13.2. The molecule has 0 aliphatic carbocycles. The van der Waals surface area contributed by atoms with E-state index in [1.807, 2.05) is 19.1 Å². The van der Waals surface area contributed by atoms with Crippen LogP contribution >= 0.6 is 0 Å². The van der Waals surface area contributed by atoms with Crippen LogP contribution in [0.5, 0.6) is 5.75 Å². The Morgan fingerprint density at radius 1 is 1.19 bits per heavy atom. The Morgan fingerprint density at radius 2 is 2.00 bits per heavy atom. The van der Waals surface area contributed by atoms with Crippen molar-refractivity contribution in [2.45, 2.75) is 32.7 Å². The summed E-state index contributed by atoms with van der Waals surface area (Å²) in [6, 6.07) is 10.9. The molecule has 2 aliphatic heterocycles. The van der Waals surface area contributed by atoms with Gasteiger partial charge in [-0.1, -0.05) is 19.1 Å². The zero-order chi connectivity index (χ0) is 18.8. The second-order valence-electron chi connectivity index (χ2n) is 7.35. The molecule has 5 nitrogen and oxygen atoms in total. The molecule has 1 atom stereocenters. The standard InChI is InChI=1S/C22H27N3O2/c1-3-20(26)19-6-7-22(23-15-19)25-11-9-24(10-12-25)16(2)18-5-4-17-8-13-27-21(17)14-18/h4-7,14-16H,3,8-13H2,1-2H3. The van der Waals surface area contributed by atoms with Gasteiger partial charge in [-0.2, -0.15) is 0 Å². The first kappa shape index (κ1) is 18.0.